The maximum Gasteiger partial charge on any atom is 0.255 e. The summed E-state index contributed by atoms with van der Waals surface area (Å²) in [5, 5.41) is 2.81. The van der Waals surface area contributed by atoms with E-state index in [0.717, 1.165) is 17.7 Å². The molecule has 0 spiro atoms. The highest BCUT2D eigenvalue weighted by atomic mass is 16.1. The van der Waals surface area contributed by atoms with Gasteiger partial charge in [-0.25, -0.2) is 0 Å². The third-order valence-electron chi connectivity index (χ3n) is 2.98. The van der Waals surface area contributed by atoms with Crippen molar-refractivity contribution in [2.24, 2.45) is 5.73 Å². The van der Waals surface area contributed by atoms with Crippen molar-refractivity contribution in [3.05, 3.63) is 59.9 Å². The molecule has 0 aliphatic carbocycles. The summed E-state index contributed by atoms with van der Waals surface area (Å²) < 4.78 is 0. The molecule has 1 amide bonds. The quantitative estimate of drug-likeness (QED) is 0.882. The maximum atomic E-state index is 12.0. The van der Waals surface area contributed by atoms with E-state index in [0.29, 0.717) is 5.56 Å². The first-order chi connectivity index (χ1) is 9.20. The molecule has 0 bridgehead atoms. The fourth-order valence-corrected chi connectivity index (χ4v) is 1.76. The number of hydrogen-bond donors (Lipinski definition) is 2. The fraction of sp³-hybridized carbons (Fsp3) is 0.200. The molecular weight excluding hydrogens is 238 g/mol. The largest absolute Gasteiger partial charge is 0.324 e. The van der Waals surface area contributed by atoms with Crippen molar-refractivity contribution in [3.8, 4) is 0 Å². The number of nitrogens with one attached hydrogen (secondary N) is 1. The number of carbonyl (C=O) groups is 1. The zero-order chi connectivity index (χ0) is 13.7. The Balaban J connectivity index is 2.08. The van der Waals surface area contributed by atoms with Gasteiger partial charge in [0.25, 0.3) is 5.91 Å². The van der Waals surface area contributed by atoms with Gasteiger partial charge in [0.2, 0.25) is 0 Å². The predicted octanol–water partition coefficient (Wildman–Crippen LogP) is 2.74. The standard InChI is InChI=1S/C15H17N3O/c1-2-14(16)11-3-5-12(6-4-11)15(19)18-13-7-9-17-10-8-13/h3-10,14H,2,16H2,1H3,(H,17,18,19). The molecule has 0 aliphatic rings. The second kappa shape index (κ2) is 6.11. The Morgan fingerprint density at radius 2 is 1.84 bits per heavy atom. The van der Waals surface area contributed by atoms with Gasteiger partial charge in [-0.3, -0.25) is 9.78 Å². The van der Waals surface area contributed by atoms with Crippen LogP contribution in [0.4, 0.5) is 5.69 Å². The molecule has 1 aromatic heterocycles. The van der Waals surface area contributed by atoms with Crippen molar-refractivity contribution in [2.45, 2.75) is 19.4 Å². The Hall–Kier alpha value is -2.20. The highest BCUT2D eigenvalue weighted by molar-refractivity contribution is 6.04. The van der Waals surface area contributed by atoms with Crippen LogP contribution in [0.5, 0.6) is 0 Å². The molecule has 4 nitrogen and oxygen atoms in total. The van der Waals surface area contributed by atoms with Gasteiger partial charge in [0.1, 0.15) is 0 Å². The number of aromatic nitrogens is 1. The van der Waals surface area contributed by atoms with Gasteiger partial charge >= 0.3 is 0 Å². The summed E-state index contributed by atoms with van der Waals surface area (Å²) in [7, 11) is 0. The van der Waals surface area contributed by atoms with E-state index in [-0.39, 0.29) is 11.9 Å². The average molecular weight is 255 g/mol. The molecule has 19 heavy (non-hydrogen) atoms. The minimum atomic E-state index is -0.136. The average Bonchev–Trinajstić information content (AvgIpc) is 2.47. The molecule has 2 rings (SSSR count). The molecule has 3 N–H and O–H groups in total. The number of pyridine rings is 1. The number of nitrogens with zero attached hydrogens (tertiary/aromatic N) is 1. The Morgan fingerprint density at radius 3 is 2.42 bits per heavy atom. The van der Waals surface area contributed by atoms with Crippen LogP contribution in [0, 0.1) is 0 Å². The summed E-state index contributed by atoms with van der Waals surface area (Å²) >= 11 is 0. The van der Waals surface area contributed by atoms with Gasteiger partial charge in [-0.05, 0) is 36.2 Å². The molecule has 0 fully saturated rings. The molecule has 1 atom stereocenters. The minimum absolute atomic E-state index is 0.0253. The van der Waals surface area contributed by atoms with Crippen molar-refractivity contribution in [2.75, 3.05) is 5.32 Å². The van der Waals surface area contributed by atoms with E-state index in [9.17, 15) is 4.79 Å². The van der Waals surface area contributed by atoms with Gasteiger partial charge in [0.05, 0.1) is 0 Å². The number of amides is 1. The highest BCUT2D eigenvalue weighted by Gasteiger charge is 2.07. The summed E-state index contributed by atoms with van der Waals surface area (Å²) in [5.74, 6) is -0.136. The first-order valence-corrected chi connectivity index (χ1v) is 6.27. The Labute approximate surface area is 112 Å². The highest BCUT2D eigenvalue weighted by Crippen LogP contribution is 2.15. The van der Waals surface area contributed by atoms with E-state index >= 15 is 0 Å². The van der Waals surface area contributed by atoms with E-state index in [4.69, 9.17) is 5.73 Å². The lowest BCUT2D eigenvalue weighted by molar-refractivity contribution is 0.102. The smallest absolute Gasteiger partial charge is 0.255 e. The van der Waals surface area contributed by atoms with Crippen LogP contribution in [-0.4, -0.2) is 10.9 Å². The van der Waals surface area contributed by atoms with E-state index in [1.807, 2.05) is 19.1 Å². The molecule has 98 valence electrons. The van der Waals surface area contributed by atoms with Crippen LogP contribution >= 0.6 is 0 Å². The maximum absolute atomic E-state index is 12.0. The number of rotatable bonds is 4. The lowest BCUT2D eigenvalue weighted by atomic mass is 10.0. The Kier molecular flexibility index (Phi) is 4.26. The molecule has 0 aliphatic heterocycles. The van der Waals surface area contributed by atoms with Crippen molar-refractivity contribution in [1.82, 2.24) is 4.98 Å². The molecule has 0 radical (unpaired) electrons. The third kappa shape index (κ3) is 3.39. The summed E-state index contributed by atoms with van der Waals surface area (Å²) in [6.45, 7) is 2.04. The van der Waals surface area contributed by atoms with E-state index in [1.165, 1.54) is 0 Å². The van der Waals surface area contributed by atoms with Gasteiger partial charge < -0.3 is 11.1 Å². The second-order valence-corrected chi connectivity index (χ2v) is 4.33. The van der Waals surface area contributed by atoms with Crippen LogP contribution in [-0.2, 0) is 0 Å². The van der Waals surface area contributed by atoms with Gasteiger partial charge in [0.15, 0.2) is 0 Å². The lowest BCUT2D eigenvalue weighted by Gasteiger charge is -2.10. The minimum Gasteiger partial charge on any atom is -0.324 e. The molecule has 1 unspecified atom stereocenters. The number of hydrogen-bond acceptors (Lipinski definition) is 3. The second-order valence-electron chi connectivity index (χ2n) is 4.33. The summed E-state index contributed by atoms with van der Waals surface area (Å²) in [4.78, 5) is 15.9. The SMILES string of the molecule is CCC(N)c1ccc(C(=O)Nc2ccncc2)cc1. The van der Waals surface area contributed by atoms with Crippen LogP contribution in [0.3, 0.4) is 0 Å². The molecule has 1 aromatic carbocycles. The van der Waals surface area contributed by atoms with Gasteiger partial charge in [-0.1, -0.05) is 19.1 Å². The summed E-state index contributed by atoms with van der Waals surface area (Å²) in [6.07, 6.45) is 4.15. The monoisotopic (exact) mass is 255 g/mol. The van der Waals surface area contributed by atoms with Crippen molar-refractivity contribution < 1.29 is 4.79 Å². The zero-order valence-corrected chi connectivity index (χ0v) is 10.8. The number of anilines is 1. The lowest BCUT2D eigenvalue weighted by Crippen LogP contribution is -2.13. The molecule has 0 saturated heterocycles. The summed E-state index contributed by atoms with van der Waals surface area (Å²) in [5.41, 5.74) is 8.33. The normalized spacial score (nSPS) is 11.9. The number of carbonyl (C=O) groups excluding carboxylic acids is 1. The van der Waals surface area contributed by atoms with E-state index < -0.39 is 0 Å². The first kappa shape index (κ1) is 13.2. The van der Waals surface area contributed by atoms with E-state index in [1.54, 1.807) is 36.7 Å². The zero-order valence-electron chi connectivity index (χ0n) is 10.8. The first-order valence-electron chi connectivity index (χ1n) is 6.27. The van der Waals surface area contributed by atoms with Crippen LogP contribution < -0.4 is 11.1 Å². The molecule has 0 saturated carbocycles. The third-order valence-corrected chi connectivity index (χ3v) is 2.98. The van der Waals surface area contributed by atoms with Crippen LogP contribution in [0.1, 0.15) is 35.3 Å². The van der Waals surface area contributed by atoms with Crippen LogP contribution in [0.2, 0.25) is 0 Å². The number of nitrogens with two attached hydrogens (primary N) is 1. The fourth-order valence-electron chi connectivity index (χ4n) is 1.76. The van der Waals surface area contributed by atoms with Crippen molar-refractivity contribution >= 4 is 11.6 Å². The van der Waals surface area contributed by atoms with Crippen LogP contribution in [0.15, 0.2) is 48.8 Å². The molecule has 1 heterocycles. The van der Waals surface area contributed by atoms with Gasteiger partial charge in [0, 0.05) is 29.7 Å². The van der Waals surface area contributed by atoms with Gasteiger partial charge in [-0.2, -0.15) is 0 Å². The summed E-state index contributed by atoms with van der Waals surface area (Å²) in [6, 6.07) is 10.9. The van der Waals surface area contributed by atoms with Crippen LogP contribution in [0.25, 0.3) is 0 Å². The molecule has 4 heteroatoms. The topological polar surface area (TPSA) is 68.0 Å². The van der Waals surface area contributed by atoms with Gasteiger partial charge in [-0.15, -0.1) is 0 Å². The van der Waals surface area contributed by atoms with E-state index in [2.05, 4.69) is 10.3 Å². The van der Waals surface area contributed by atoms with Crippen molar-refractivity contribution in [3.63, 3.8) is 0 Å². The molecular formula is C15H17N3O. The predicted molar refractivity (Wildman–Crippen MR) is 75.9 cm³/mol. The molecule has 2 aromatic rings. The van der Waals surface area contributed by atoms with Crippen molar-refractivity contribution in [1.29, 1.82) is 0 Å². The number of benzene rings is 1. The Morgan fingerprint density at radius 1 is 1.21 bits per heavy atom. The Bertz CT molecular complexity index is 537.